The second kappa shape index (κ2) is 8.81. The Morgan fingerprint density at radius 2 is 1.67 bits per heavy atom. The van der Waals surface area contributed by atoms with E-state index in [1.165, 1.54) is 30.3 Å². The Balaban J connectivity index is 1.46. The Bertz CT molecular complexity index is 927. The fourth-order valence-corrected chi connectivity index (χ4v) is 4.23. The molecule has 158 valence electrons. The van der Waals surface area contributed by atoms with Crippen LogP contribution in [0.3, 0.4) is 0 Å². The zero-order valence-electron chi connectivity index (χ0n) is 16.7. The summed E-state index contributed by atoms with van der Waals surface area (Å²) in [4.78, 5) is 29.4. The fraction of sp³-hybridized carbons (Fsp3) is 0.391. The zero-order chi connectivity index (χ0) is 21.1. The second-order valence-electron chi connectivity index (χ2n) is 7.91. The van der Waals surface area contributed by atoms with Crippen molar-refractivity contribution in [2.45, 2.75) is 25.7 Å². The van der Waals surface area contributed by atoms with Crippen molar-refractivity contribution in [1.29, 1.82) is 0 Å². The molecule has 0 radical (unpaired) electrons. The summed E-state index contributed by atoms with van der Waals surface area (Å²) < 4.78 is 27.7. The Kier molecular flexibility index (Phi) is 5.97. The lowest BCUT2D eigenvalue weighted by Gasteiger charge is -2.32. The number of likely N-dealkylation sites (tertiary alicyclic amines) is 1. The van der Waals surface area contributed by atoms with Gasteiger partial charge in [0.1, 0.15) is 17.3 Å². The molecule has 7 heteroatoms. The minimum Gasteiger partial charge on any atom is -0.370 e. The van der Waals surface area contributed by atoms with Crippen molar-refractivity contribution >= 4 is 23.2 Å². The lowest BCUT2D eigenvalue weighted by Crippen LogP contribution is -2.44. The van der Waals surface area contributed by atoms with E-state index in [0.717, 1.165) is 25.9 Å². The first-order valence-corrected chi connectivity index (χ1v) is 10.4. The third-order valence-corrected chi connectivity index (χ3v) is 5.86. The van der Waals surface area contributed by atoms with E-state index in [2.05, 4.69) is 10.2 Å². The maximum absolute atomic E-state index is 14.6. The first kappa shape index (κ1) is 20.3. The molecule has 1 atom stereocenters. The van der Waals surface area contributed by atoms with Crippen molar-refractivity contribution in [2.75, 3.05) is 36.4 Å². The third-order valence-electron chi connectivity index (χ3n) is 5.86. The van der Waals surface area contributed by atoms with Crippen molar-refractivity contribution in [3.05, 3.63) is 59.7 Å². The molecular weight excluding hydrogens is 388 g/mol. The highest BCUT2D eigenvalue weighted by Crippen LogP contribution is 2.32. The lowest BCUT2D eigenvalue weighted by molar-refractivity contribution is -0.121. The number of carbonyl (C=O) groups is 2. The molecule has 1 N–H and O–H groups in total. The van der Waals surface area contributed by atoms with E-state index < -0.39 is 17.6 Å². The number of anilines is 2. The smallest absolute Gasteiger partial charge is 0.253 e. The predicted octanol–water partition coefficient (Wildman–Crippen LogP) is 4.06. The largest absolute Gasteiger partial charge is 0.370 e. The molecule has 2 amide bonds. The van der Waals surface area contributed by atoms with E-state index in [1.807, 2.05) is 6.07 Å². The Hall–Kier alpha value is -2.96. The third kappa shape index (κ3) is 4.30. The molecule has 0 bridgehead atoms. The Morgan fingerprint density at radius 3 is 2.40 bits per heavy atom. The molecule has 2 aromatic rings. The summed E-state index contributed by atoms with van der Waals surface area (Å²) in [7, 11) is 0. The average Bonchev–Trinajstić information content (AvgIpc) is 3.30. The number of benzene rings is 2. The molecule has 2 fully saturated rings. The minimum atomic E-state index is -0.456. The number of carbonyl (C=O) groups excluding carboxylic acids is 2. The van der Waals surface area contributed by atoms with Crippen LogP contribution in [-0.4, -0.2) is 42.9 Å². The average molecular weight is 413 g/mol. The quantitative estimate of drug-likeness (QED) is 0.823. The number of hydrogen-bond acceptors (Lipinski definition) is 3. The van der Waals surface area contributed by atoms with Gasteiger partial charge in [0, 0.05) is 31.7 Å². The Labute approximate surface area is 174 Å². The van der Waals surface area contributed by atoms with Crippen LogP contribution < -0.4 is 10.2 Å². The number of piperidine rings is 1. The van der Waals surface area contributed by atoms with Gasteiger partial charge >= 0.3 is 0 Å². The van der Waals surface area contributed by atoms with Gasteiger partial charge in [0.2, 0.25) is 5.91 Å². The normalized spacial score (nSPS) is 19.1. The maximum Gasteiger partial charge on any atom is 0.253 e. The van der Waals surface area contributed by atoms with Gasteiger partial charge in [-0.25, -0.2) is 8.78 Å². The fourth-order valence-electron chi connectivity index (χ4n) is 4.23. The van der Waals surface area contributed by atoms with Crippen LogP contribution in [0.2, 0.25) is 0 Å². The van der Waals surface area contributed by atoms with Gasteiger partial charge in [-0.1, -0.05) is 6.07 Å². The van der Waals surface area contributed by atoms with Gasteiger partial charge in [-0.3, -0.25) is 9.59 Å². The summed E-state index contributed by atoms with van der Waals surface area (Å²) in [6.07, 6.45) is 3.41. The van der Waals surface area contributed by atoms with Crippen molar-refractivity contribution in [1.82, 2.24) is 4.90 Å². The number of para-hydroxylation sites is 1. The molecule has 0 saturated carbocycles. The number of rotatable bonds is 4. The summed E-state index contributed by atoms with van der Waals surface area (Å²) in [5.74, 6) is -1.79. The highest BCUT2D eigenvalue weighted by molar-refractivity contribution is 5.98. The summed E-state index contributed by atoms with van der Waals surface area (Å²) in [5, 5.41) is 2.79. The van der Waals surface area contributed by atoms with E-state index in [4.69, 9.17) is 0 Å². The molecule has 2 aromatic carbocycles. The summed E-state index contributed by atoms with van der Waals surface area (Å²) in [6.45, 7) is 2.49. The van der Waals surface area contributed by atoms with Crippen LogP contribution >= 0.6 is 0 Å². The van der Waals surface area contributed by atoms with Crippen LogP contribution in [0, 0.1) is 17.6 Å². The first-order chi connectivity index (χ1) is 14.5. The molecule has 5 nitrogen and oxygen atoms in total. The van der Waals surface area contributed by atoms with Crippen LogP contribution in [0.15, 0.2) is 42.5 Å². The van der Waals surface area contributed by atoms with E-state index in [9.17, 15) is 18.4 Å². The topological polar surface area (TPSA) is 52.7 Å². The molecule has 2 saturated heterocycles. The second-order valence-corrected chi connectivity index (χ2v) is 7.91. The number of nitrogens with one attached hydrogen (secondary N) is 1. The number of amides is 2. The van der Waals surface area contributed by atoms with Crippen LogP contribution in [0.5, 0.6) is 0 Å². The standard InChI is InChI=1S/C23H25F2N3O2/c24-18-10-8-16(9-11-18)23(30)28-14-4-5-17(15-28)22(29)26-21-19(25)6-3-7-20(21)27-12-1-2-13-27/h3,6-11,17H,1-2,4-5,12-15H2,(H,26,29). The molecule has 0 aromatic heterocycles. The van der Waals surface area contributed by atoms with Crippen LogP contribution in [0.1, 0.15) is 36.0 Å². The zero-order valence-corrected chi connectivity index (χ0v) is 16.7. The SMILES string of the molecule is O=C(Nc1c(F)cccc1N1CCCC1)C1CCCN(C(=O)c2ccc(F)cc2)C1. The van der Waals surface area contributed by atoms with Crippen molar-refractivity contribution in [3.8, 4) is 0 Å². The van der Waals surface area contributed by atoms with E-state index in [0.29, 0.717) is 30.6 Å². The molecule has 1 unspecified atom stereocenters. The van der Waals surface area contributed by atoms with Gasteiger partial charge < -0.3 is 15.1 Å². The molecule has 30 heavy (non-hydrogen) atoms. The van der Waals surface area contributed by atoms with Gasteiger partial charge in [-0.2, -0.15) is 0 Å². The van der Waals surface area contributed by atoms with Crippen LogP contribution in [-0.2, 0) is 4.79 Å². The van der Waals surface area contributed by atoms with Gasteiger partial charge in [0.25, 0.3) is 5.91 Å². The van der Waals surface area contributed by atoms with E-state index >= 15 is 0 Å². The maximum atomic E-state index is 14.6. The molecule has 0 aliphatic carbocycles. The van der Waals surface area contributed by atoms with E-state index in [-0.39, 0.29) is 24.0 Å². The molecule has 2 aliphatic rings. The molecule has 2 aliphatic heterocycles. The monoisotopic (exact) mass is 413 g/mol. The highest BCUT2D eigenvalue weighted by Gasteiger charge is 2.30. The first-order valence-electron chi connectivity index (χ1n) is 10.4. The Morgan fingerprint density at radius 1 is 0.933 bits per heavy atom. The van der Waals surface area contributed by atoms with Crippen LogP contribution in [0.4, 0.5) is 20.2 Å². The predicted molar refractivity (Wildman–Crippen MR) is 112 cm³/mol. The molecular formula is C23H25F2N3O2. The van der Waals surface area contributed by atoms with Gasteiger partial charge in [0.15, 0.2) is 0 Å². The summed E-state index contributed by atoms with van der Waals surface area (Å²) in [5.41, 5.74) is 1.31. The minimum absolute atomic E-state index is 0.214. The molecule has 2 heterocycles. The number of halogens is 2. The van der Waals surface area contributed by atoms with Gasteiger partial charge in [-0.05, 0) is 62.1 Å². The molecule has 4 rings (SSSR count). The number of hydrogen-bond donors (Lipinski definition) is 1. The summed E-state index contributed by atoms with van der Waals surface area (Å²) >= 11 is 0. The summed E-state index contributed by atoms with van der Waals surface area (Å²) in [6, 6.07) is 10.2. The van der Waals surface area contributed by atoms with Gasteiger partial charge in [-0.15, -0.1) is 0 Å². The lowest BCUT2D eigenvalue weighted by atomic mass is 9.96. The molecule has 0 spiro atoms. The van der Waals surface area contributed by atoms with Crippen molar-refractivity contribution in [2.24, 2.45) is 5.92 Å². The van der Waals surface area contributed by atoms with Crippen molar-refractivity contribution < 1.29 is 18.4 Å². The van der Waals surface area contributed by atoms with E-state index in [1.54, 1.807) is 11.0 Å². The van der Waals surface area contributed by atoms with Gasteiger partial charge in [0.05, 0.1) is 11.6 Å². The van der Waals surface area contributed by atoms with Crippen molar-refractivity contribution in [3.63, 3.8) is 0 Å². The number of nitrogens with zero attached hydrogens (tertiary/aromatic N) is 2. The highest BCUT2D eigenvalue weighted by atomic mass is 19.1. The van der Waals surface area contributed by atoms with Crippen LogP contribution in [0.25, 0.3) is 0 Å².